The van der Waals surface area contributed by atoms with Crippen molar-refractivity contribution in [2.75, 3.05) is 26.7 Å². The second kappa shape index (κ2) is 13.3. The van der Waals surface area contributed by atoms with Gasteiger partial charge in [-0.25, -0.2) is 0 Å². The van der Waals surface area contributed by atoms with Crippen LogP contribution in [0.15, 0.2) is 78.9 Å². The fourth-order valence-corrected chi connectivity index (χ4v) is 4.72. The minimum absolute atomic E-state index is 0. The van der Waals surface area contributed by atoms with Gasteiger partial charge in [-0.15, -0.1) is 12.4 Å². The zero-order valence-corrected chi connectivity index (χ0v) is 21.7. The summed E-state index contributed by atoms with van der Waals surface area (Å²) in [7, 11) is 1.66. The summed E-state index contributed by atoms with van der Waals surface area (Å²) in [6.45, 7) is 5.93. The number of piperidine rings is 1. The average Bonchev–Trinajstić information content (AvgIpc) is 2.88. The highest BCUT2D eigenvalue weighted by Gasteiger charge is 2.28. The molecule has 1 aliphatic heterocycles. The predicted octanol–water partition coefficient (Wildman–Crippen LogP) is 5.70. The highest BCUT2D eigenvalue weighted by atomic mass is 35.5. The van der Waals surface area contributed by atoms with Crippen molar-refractivity contribution >= 4 is 18.3 Å². The van der Waals surface area contributed by atoms with Crippen LogP contribution in [0.25, 0.3) is 0 Å². The van der Waals surface area contributed by atoms with Gasteiger partial charge in [0.1, 0.15) is 5.75 Å². The van der Waals surface area contributed by atoms with Crippen LogP contribution < -0.4 is 4.74 Å². The molecule has 1 saturated heterocycles. The Balaban J connectivity index is 0.00000342. The second-order valence-electron chi connectivity index (χ2n) is 9.34. The van der Waals surface area contributed by atoms with Gasteiger partial charge in [-0.2, -0.15) is 0 Å². The molecule has 3 aromatic carbocycles. The number of halogens is 1. The van der Waals surface area contributed by atoms with Gasteiger partial charge >= 0.3 is 0 Å². The van der Waals surface area contributed by atoms with E-state index in [1.165, 1.54) is 16.7 Å². The number of carbonyl (C=O) groups excluding carboxylic acids is 1. The molecule has 35 heavy (non-hydrogen) atoms. The lowest BCUT2D eigenvalue weighted by Gasteiger charge is -2.39. The number of aryl methyl sites for hydroxylation is 1. The number of benzene rings is 3. The van der Waals surface area contributed by atoms with E-state index in [4.69, 9.17) is 4.74 Å². The molecule has 4 nitrogen and oxygen atoms in total. The van der Waals surface area contributed by atoms with Crippen molar-refractivity contribution in [2.24, 2.45) is 0 Å². The number of hydrogen-bond donors (Lipinski definition) is 0. The lowest BCUT2D eigenvalue weighted by Crippen LogP contribution is -2.47. The van der Waals surface area contributed by atoms with Crippen LogP contribution in [-0.2, 0) is 24.2 Å². The quantitative estimate of drug-likeness (QED) is 0.384. The van der Waals surface area contributed by atoms with Gasteiger partial charge in [-0.05, 0) is 55.0 Å². The fourth-order valence-electron chi connectivity index (χ4n) is 4.72. The summed E-state index contributed by atoms with van der Waals surface area (Å²) < 4.78 is 5.26. The minimum atomic E-state index is 0. The van der Waals surface area contributed by atoms with E-state index in [0.29, 0.717) is 13.0 Å². The first-order valence-electron chi connectivity index (χ1n) is 12.3. The van der Waals surface area contributed by atoms with Crippen LogP contribution in [0.4, 0.5) is 0 Å². The molecule has 1 fully saturated rings. The maximum atomic E-state index is 13.5. The third-order valence-electron chi connectivity index (χ3n) is 6.87. The Morgan fingerprint density at radius 3 is 2.14 bits per heavy atom. The number of likely N-dealkylation sites (tertiary alicyclic amines) is 1. The summed E-state index contributed by atoms with van der Waals surface area (Å²) in [6.07, 6.45) is 3.54. The Hall–Kier alpha value is -2.82. The molecule has 0 saturated carbocycles. The van der Waals surface area contributed by atoms with Crippen molar-refractivity contribution in [2.45, 2.75) is 45.2 Å². The number of carbonyl (C=O) groups is 1. The Morgan fingerprint density at radius 1 is 0.886 bits per heavy atom. The minimum Gasteiger partial charge on any atom is -0.497 e. The summed E-state index contributed by atoms with van der Waals surface area (Å²) in [5.41, 5.74) is 4.85. The molecule has 0 atom stereocenters. The number of methoxy groups -OCH3 is 1. The Bertz CT molecular complexity index is 1030. The summed E-state index contributed by atoms with van der Waals surface area (Å²) in [4.78, 5) is 18.2. The van der Waals surface area contributed by atoms with E-state index in [9.17, 15) is 4.79 Å². The number of nitrogens with zero attached hydrogens (tertiary/aromatic N) is 2. The van der Waals surface area contributed by atoms with Gasteiger partial charge in [-0.3, -0.25) is 4.79 Å². The average molecular weight is 493 g/mol. The van der Waals surface area contributed by atoms with E-state index in [-0.39, 0.29) is 24.4 Å². The molecule has 0 aliphatic carbocycles. The lowest BCUT2D eigenvalue weighted by atomic mass is 10.00. The monoisotopic (exact) mass is 492 g/mol. The molecule has 1 heterocycles. The number of amides is 1. The third kappa shape index (κ3) is 7.84. The first-order chi connectivity index (χ1) is 16.6. The summed E-state index contributed by atoms with van der Waals surface area (Å²) >= 11 is 0. The van der Waals surface area contributed by atoms with Gasteiger partial charge in [0.25, 0.3) is 0 Å². The molecule has 186 valence electrons. The van der Waals surface area contributed by atoms with Crippen LogP contribution in [0.3, 0.4) is 0 Å². The number of ether oxygens (including phenoxy) is 1. The SMILES string of the molecule is COc1ccc(CC(=O)N(Cc2ccc(C)cc2)C2CCN(CCc3ccccc3)CC2)cc1.Cl. The van der Waals surface area contributed by atoms with E-state index in [2.05, 4.69) is 71.3 Å². The standard InChI is InChI=1S/C30H36N2O2.ClH/c1-24-8-10-27(11-9-24)23-32(30(33)22-26-12-14-29(34-2)15-13-26)28-17-20-31(21-18-28)19-16-25-6-4-3-5-7-25;/h3-15,28H,16-23H2,1-2H3;1H. The van der Waals surface area contributed by atoms with Gasteiger partial charge in [-0.1, -0.05) is 72.3 Å². The molecular weight excluding hydrogens is 456 g/mol. The molecule has 5 heteroatoms. The third-order valence-corrected chi connectivity index (χ3v) is 6.87. The van der Waals surface area contributed by atoms with Crippen LogP contribution in [0.5, 0.6) is 5.75 Å². The fraction of sp³-hybridized carbons (Fsp3) is 0.367. The summed E-state index contributed by atoms with van der Waals surface area (Å²) in [6, 6.07) is 27.4. The second-order valence-corrected chi connectivity index (χ2v) is 9.34. The van der Waals surface area contributed by atoms with Crippen LogP contribution in [-0.4, -0.2) is 48.5 Å². The Morgan fingerprint density at radius 2 is 1.51 bits per heavy atom. The first-order valence-corrected chi connectivity index (χ1v) is 12.3. The van der Waals surface area contributed by atoms with Crippen molar-refractivity contribution in [3.05, 3.63) is 101 Å². The largest absolute Gasteiger partial charge is 0.497 e. The van der Waals surface area contributed by atoms with E-state index >= 15 is 0 Å². The molecule has 1 amide bonds. The summed E-state index contributed by atoms with van der Waals surface area (Å²) in [5.74, 6) is 1.02. The summed E-state index contributed by atoms with van der Waals surface area (Å²) in [5, 5.41) is 0. The topological polar surface area (TPSA) is 32.8 Å². The van der Waals surface area contributed by atoms with Crippen LogP contribution in [0, 0.1) is 6.92 Å². The van der Waals surface area contributed by atoms with Crippen LogP contribution >= 0.6 is 12.4 Å². The molecule has 3 aromatic rings. The molecular formula is C30H37ClN2O2. The Labute approximate surface area is 216 Å². The van der Waals surface area contributed by atoms with E-state index in [1.54, 1.807) is 7.11 Å². The van der Waals surface area contributed by atoms with E-state index < -0.39 is 0 Å². The van der Waals surface area contributed by atoms with Crippen molar-refractivity contribution in [1.82, 2.24) is 9.80 Å². The predicted molar refractivity (Wildman–Crippen MR) is 145 cm³/mol. The zero-order valence-electron chi connectivity index (χ0n) is 20.9. The molecule has 1 aliphatic rings. The lowest BCUT2D eigenvalue weighted by molar-refractivity contribution is -0.134. The molecule has 0 radical (unpaired) electrons. The zero-order chi connectivity index (χ0) is 23.8. The molecule has 0 bridgehead atoms. The molecule has 0 aromatic heterocycles. The van der Waals surface area contributed by atoms with Crippen molar-refractivity contribution in [3.63, 3.8) is 0 Å². The molecule has 0 spiro atoms. The van der Waals surface area contributed by atoms with Gasteiger partial charge in [0.05, 0.1) is 13.5 Å². The first kappa shape index (κ1) is 26.8. The number of hydrogen-bond acceptors (Lipinski definition) is 3. The highest BCUT2D eigenvalue weighted by molar-refractivity contribution is 5.85. The van der Waals surface area contributed by atoms with Crippen molar-refractivity contribution in [3.8, 4) is 5.75 Å². The molecule has 4 rings (SSSR count). The maximum Gasteiger partial charge on any atom is 0.227 e. The Kier molecular flexibility index (Phi) is 10.2. The maximum absolute atomic E-state index is 13.5. The normalized spacial score (nSPS) is 14.2. The van der Waals surface area contributed by atoms with Gasteiger partial charge in [0, 0.05) is 32.2 Å². The smallest absolute Gasteiger partial charge is 0.227 e. The molecule has 0 unspecified atom stereocenters. The van der Waals surface area contributed by atoms with E-state index in [1.807, 2.05) is 24.3 Å². The van der Waals surface area contributed by atoms with Crippen molar-refractivity contribution < 1.29 is 9.53 Å². The molecule has 0 N–H and O–H groups in total. The van der Waals surface area contributed by atoms with Gasteiger partial charge < -0.3 is 14.5 Å². The van der Waals surface area contributed by atoms with Gasteiger partial charge in [0.15, 0.2) is 0 Å². The highest BCUT2D eigenvalue weighted by Crippen LogP contribution is 2.22. The number of rotatable bonds is 9. The van der Waals surface area contributed by atoms with Crippen LogP contribution in [0.2, 0.25) is 0 Å². The van der Waals surface area contributed by atoms with Gasteiger partial charge in [0.2, 0.25) is 5.91 Å². The van der Waals surface area contributed by atoms with Crippen LogP contribution in [0.1, 0.15) is 35.1 Å². The van der Waals surface area contributed by atoms with Crippen molar-refractivity contribution in [1.29, 1.82) is 0 Å². The van der Waals surface area contributed by atoms with E-state index in [0.717, 1.165) is 50.2 Å².